The molecule has 2 rings (SSSR count). The lowest BCUT2D eigenvalue weighted by atomic mass is 9.99. The summed E-state index contributed by atoms with van der Waals surface area (Å²) < 4.78 is 6.49. The first-order valence-electron chi connectivity index (χ1n) is 6.49. The van der Waals surface area contributed by atoms with Crippen LogP contribution in [0.4, 0.5) is 0 Å². The molecule has 20 heavy (non-hydrogen) atoms. The number of methoxy groups -OCH3 is 1. The molecule has 0 amide bonds. The Hall–Kier alpha value is -0.990. The van der Waals surface area contributed by atoms with Gasteiger partial charge in [0.25, 0.3) is 0 Å². The molecular formula is C17H18BrClO. The second-order valence-corrected chi connectivity index (χ2v) is 6.35. The zero-order valence-electron chi connectivity index (χ0n) is 12.1. The van der Waals surface area contributed by atoms with Gasteiger partial charge in [-0.25, -0.2) is 0 Å². The quantitative estimate of drug-likeness (QED) is 0.642. The van der Waals surface area contributed by atoms with E-state index in [0.717, 1.165) is 32.5 Å². The Balaban J connectivity index is 2.42. The molecule has 0 N–H and O–H groups in total. The molecule has 2 aromatic rings. The Kier molecular flexibility index (Phi) is 4.77. The summed E-state index contributed by atoms with van der Waals surface area (Å²) in [4.78, 5) is 0. The van der Waals surface area contributed by atoms with E-state index in [1.807, 2.05) is 13.8 Å². The van der Waals surface area contributed by atoms with Crippen LogP contribution < -0.4 is 4.74 Å². The van der Waals surface area contributed by atoms with Crippen molar-refractivity contribution in [3.05, 3.63) is 62.6 Å². The van der Waals surface area contributed by atoms with Gasteiger partial charge >= 0.3 is 0 Å². The van der Waals surface area contributed by atoms with E-state index >= 15 is 0 Å². The molecule has 0 radical (unpaired) electrons. The van der Waals surface area contributed by atoms with Gasteiger partial charge in [0.15, 0.2) is 0 Å². The van der Waals surface area contributed by atoms with Crippen LogP contribution in [-0.2, 0) is 0 Å². The van der Waals surface area contributed by atoms with Gasteiger partial charge in [0.05, 0.1) is 12.5 Å². The summed E-state index contributed by atoms with van der Waals surface area (Å²) in [6.45, 7) is 6.16. The predicted molar refractivity (Wildman–Crippen MR) is 89.0 cm³/mol. The topological polar surface area (TPSA) is 9.23 Å². The Morgan fingerprint density at radius 3 is 2.05 bits per heavy atom. The Morgan fingerprint density at radius 1 is 0.950 bits per heavy atom. The van der Waals surface area contributed by atoms with Gasteiger partial charge in [-0.3, -0.25) is 0 Å². The van der Waals surface area contributed by atoms with Crippen LogP contribution in [0, 0.1) is 20.8 Å². The van der Waals surface area contributed by atoms with E-state index in [4.69, 9.17) is 16.3 Å². The highest BCUT2D eigenvalue weighted by molar-refractivity contribution is 9.10. The number of rotatable bonds is 3. The molecule has 106 valence electrons. The number of halogens is 2. The van der Waals surface area contributed by atoms with Crippen LogP contribution in [0.25, 0.3) is 0 Å². The molecule has 2 aromatic carbocycles. The maximum absolute atomic E-state index is 6.63. The summed E-state index contributed by atoms with van der Waals surface area (Å²) in [6.07, 6.45) is 0. The summed E-state index contributed by atoms with van der Waals surface area (Å²) in [5, 5.41) is -0.157. The first-order valence-corrected chi connectivity index (χ1v) is 7.72. The first kappa shape index (κ1) is 15.4. The third-order valence-corrected chi connectivity index (χ3v) is 4.83. The molecule has 0 spiro atoms. The van der Waals surface area contributed by atoms with Crippen LogP contribution in [0.1, 0.15) is 33.2 Å². The Labute approximate surface area is 134 Å². The molecule has 0 aromatic heterocycles. The van der Waals surface area contributed by atoms with Crippen molar-refractivity contribution in [3.63, 3.8) is 0 Å². The zero-order valence-corrected chi connectivity index (χ0v) is 14.5. The van der Waals surface area contributed by atoms with Gasteiger partial charge in [0, 0.05) is 4.47 Å². The molecule has 0 aliphatic heterocycles. The summed E-state index contributed by atoms with van der Waals surface area (Å²) in [6, 6.07) is 10.4. The molecular weight excluding hydrogens is 336 g/mol. The lowest BCUT2D eigenvalue weighted by Gasteiger charge is -2.16. The van der Waals surface area contributed by atoms with Crippen molar-refractivity contribution < 1.29 is 4.74 Å². The van der Waals surface area contributed by atoms with E-state index in [0.29, 0.717) is 0 Å². The second kappa shape index (κ2) is 6.19. The van der Waals surface area contributed by atoms with Crippen molar-refractivity contribution in [2.45, 2.75) is 26.1 Å². The highest BCUT2D eigenvalue weighted by Crippen LogP contribution is 2.35. The van der Waals surface area contributed by atoms with Crippen LogP contribution in [0.15, 0.2) is 34.8 Å². The van der Waals surface area contributed by atoms with Gasteiger partial charge in [-0.2, -0.15) is 0 Å². The largest absolute Gasteiger partial charge is 0.496 e. The molecule has 0 heterocycles. The van der Waals surface area contributed by atoms with Gasteiger partial charge in [-0.15, -0.1) is 11.6 Å². The van der Waals surface area contributed by atoms with Crippen molar-refractivity contribution in [2.75, 3.05) is 7.11 Å². The van der Waals surface area contributed by atoms with E-state index in [2.05, 4.69) is 53.2 Å². The normalized spacial score (nSPS) is 12.3. The molecule has 3 heteroatoms. The van der Waals surface area contributed by atoms with Crippen LogP contribution in [0.2, 0.25) is 0 Å². The third kappa shape index (κ3) is 3.02. The van der Waals surface area contributed by atoms with Crippen LogP contribution in [0.5, 0.6) is 5.75 Å². The number of alkyl halides is 1. The van der Waals surface area contributed by atoms with Crippen molar-refractivity contribution in [3.8, 4) is 5.75 Å². The van der Waals surface area contributed by atoms with E-state index < -0.39 is 0 Å². The average molecular weight is 354 g/mol. The summed E-state index contributed by atoms with van der Waals surface area (Å²) in [7, 11) is 1.70. The van der Waals surface area contributed by atoms with Crippen molar-refractivity contribution in [2.24, 2.45) is 0 Å². The fraction of sp³-hybridized carbons (Fsp3) is 0.294. The fourth-order valence-electron chi connectivity index (χ4n) is 2.41. The SMILES string of the molecule is COc1c(C)cc(C(Cl)c2ccc(C)c(Br)c2)cc1C. The highest BCUT2D eigenvalue weighted by atomic mass is 79.9. The maximum Gasteiger partial charge on any atom is 0.124 e. The summed E-state index contributed by atoms with van der Waals surface area (Å²) >= 11 is 10.2. The van der Waals surface area contributed by atoms with Gasteiger partial charge in [0.2, 0.25) is 0 Å². The average Bonchev–Trinajstić information content (AvgIpc) is 2.40. The molecule has 1 unspecified atom stereocenters. The Morgan fingerprint density at radius 2 is 1.55 bits per heavy atom. The Bertz CT molecular complexity index is 614. The van der Waals surface area contributed by atoms with Gasteiger partial charge < -0.3 is 4.74 Å². The van der Waals surface area contributed by atoms with Crippen molar-refractivity contribution >= 4 is 27.5 Å². The number of hydrogen-bond donors (Lipinski definition) is 0. The summed E-state index contributed by atoms with van der Waals surface area (Å²) in [5.41, 5.74) is 5.62. The minimum Gasteiger partial charge on any atom is -0.496 e. The molecule has 0 saturated heterocycles. The third-order valence-electron chi connectivity index (χ3n) is 3.47. The maximum atomic E-state index is 6.63. The highest BCUT2D eigenvalue weighted by Gasteiger charge is 2.15. The van der Waals surface area contributed by atoms with E-state index in [-0.39, 0.29) is 5.38 Å². The molecule has 1 atom stereocenters. The molecule has 0 aliphatic carbocycles. The van der Waals surface area contributed by atoms with Crippen LogP contribution in [0.3, 0.4) is 0 Å². The van der Waals surface area contributed by atoms with Crippen LogP contribution >= 0.6 is 27.5 Å². The number of ether oxygens (including phenoxy) is 1. The zero-order chi connectivity index (χ0) is 14.9. The molecule has 0 aliphatic rings. The second-order valence-electron chi connectivity index (χ2n) is 5.06. The van der Waals surface area contributed by atoms with E-state index in [9.17, 15) is 0 Å². The monoisotopic (exact) mass is 352 g/mol. The van der Waals surface area contributed by atoms with Crippen LogP contribution in [-0.4, -0.2) is 7.11 Å². The van der Waals surface area contributed by atoms with Gasteiger partial charge in [-0.1, -0.05) is 40.2 Å². The smallest absolute Gasteiger partial charge is 0.124 e. The lowest BCUT2D eigenvalue weighted by molar-refractivity contribution is 0.408. The minimum absolute atomic E-state index is 0.157. The number of hydrogen-bond acceptors (Lipinski definition) is 1. The van der Waals surface area contributed by atoms with E-state index in [1.165, 1.54) is 5.56 Å². The van der Waals surface area contributed by atoms with Crippen molar-refractivity contribution in [1.29, 1.82) is 0 Å². The molecule has 0 saturated carbocycles. The number of aryl methyl sites for hydroxylation is 3. The molecule has 0 bridgehead atoms. The number of benzene rings is 2. The lowest BCUT2D eigenvalue weighted by Crippen LogP contribution is -1.98. The minimum atomic E-state index is -0.157. The van der Waals surface area contributed by atoms with Gasteiger partial charge in [-0.05, 0) is 54.7 Å². The molecule has 1 nitrogen and oxygen atoms in total. The van der Waals surface area contributed by atoms with Crippen molar-refractivity contribution in [1.82, 2.24) is 0 Å². The van der Waals surface area contributed by atoms with Gasteiger partial charge in [0.1, 0.15) is 5.75 Å². The fourth-order valence-corrected chi connectivity index (χ4v) is 3.07. The first-order chi connectivity index (χ1) is 9.43. The molecule has 0 fully saturated rings. The van der Waals surface area contributed by atoms with E-state index in [1.54, 1.807) is 7.11 Å². The standard InChI is InChI=1S/C17H18BrClO/c1-10-5-6-13(9-15(10)18)16(19)14-7-11(2)17(20-4)12(3)8-14/h5-9,16H,1-4H3. The summed E-state index contributed by atoms with van der Waals surface area (Å²) in [5.74, 6) is 0.933. The predicted octanol–water partition coefficient (Wildman–Crippen LogP) is 5.71.